The molecule has 1 aliphatic rings. The molecule has 1 fully saturated rings. The largest absolute Gasteiger partial charge is 0.382 e. The molecule has 1 unspecified atom stereocenters. The van der Waals surface area contributed by atoms with Gasteiger partial charge in [0.15, 0.2) is 9.84 Å². The van der Waals surface area contributed by atoms with Gasteiger partial charge in [0.1, 0.15) is 0 Å². The molecule has 1 N–H and O–H groups in total. The Bertz CT molecular complexity index is 305. The maximum Gasteiger partial charge on any atom is 0.152 e. The summed E-state index contributed by atoms with van der Waals surface area (Å²) in [6, 6.07) is 0.396. The third-order valence-electron chi connectivity index (χ3n) is 3.29. The van der Waals surface area contributed by atoms with Crippen LogP contribution in [0.2, 0.25) is 0 Å². The van der Waals surface area contributed by atoms with Crippen molar-refractivity contribution in [2.24, 2.45) is 0 Å². The van der Waals surface area contributed by atoms with E-state index in [1.165, 1.54) is 0 Å². The van der Waals surface area contributed by atoms with Crippen molar-refractivity contribution in [2.75, 3.05) is 50.9 Å². The lowest BCUT2D eigenvalue weighted by molar-refractivity contribution is 0.143. The van der Waals surface area contributed by atoms with Gasteiger partial charge in [-0.25, -0.2) is 8.42 Å². The summed E-state index contributed by atoms with van der Waals surface area (Å²) in [7, 11) is -2.76. The molecule has 1 heterocycles. The Labute approximate surface area is 111 Å². The lowest BCUT2D eigenvalue weighted by atomic mass is 10.2. The molecule has 1 atom stereocenters. The summed E-state index contributed by atoms with van der Waals surface area (Å²) in [5.74, 6) is 0.614. The number of nitrogens with zero attached hydrogens (tertiary/aromatic N) is 1. The molecule has 1 aliphatic heterocycles. The van der Waals surface area contributed by atoms with Crippen LogP contribution in [0.4, 0.5) is 0 Å². The molecule has 1 rings (SSSR count). The molecule has 0 aliphatic carbocycles. The molecule has 1 saturated heterocycles. The molecule has 0 aromatic carbocycles. The summed E-state index contributed by atoms with van der Waals surface area (Å²) >= 11 is 0. The highest BCUT2D eigenvalue weighted by molar-refractivity contribution is 7.91. The van der Waals surface area contributed by atoms with Crippen molar-refractivity contribution >= 4 is 9.84 Å². The summed E-state index contributed by atoms with van der Waals surface area (Å²) in [6.45, 7) is 8.93. The molecule has 5 nitrogen and oxygen atoms in total. The number of hydrogen-bond acceptors (Lipinski definition) is 5. The second kappa shape index (κ2) is 8.09. The van der Waals surface area contributed by atoms with Crippen LogP contribution >= 0.6 is 0 Å². The first kappa shape index (κ1) is 15.9. The van der Waals surface area contributed by atoms with Crippen LogP contribution in [0.5, 0.6) is 0 Å². The van der Waals surface area contributed by atoms with Crippen LogP contribution in [0.1, 0.15) is 20.3 Å². The summed E-state index contributed by atoms with van der Waals surface area (Å²) in [5.41, 5.74) is 0. The predicted octanol–water partition coefficient (Wildman–Crippen LogP) is 0.122. The van der Waals surface area contributed by atoms with Crippen LogP contribution in [0.3, 0.4) is 0 Å². The Morgan fingerprint density at radius 1 is 1.33 bits per heavy atom. The van der Waals surface area contributed by atoms with E-state index in [4.69, 9.17) is 4.74 Å². The number of hydrogen-bond donors (Lipinski definition) is 1. The Kier molecular flexibility index (Phi) is 7.14. The monoisotopic (exact) mass is 278 g/mol. The molecule has 0 aromatic heterocycles. The zero-order valence-corrected chi connectivity index (χ0v) is 12.3. The minimum Gasteiger partial charge on any atom is -0.382 e. The van der Waals surface area contributed by atoms with Gasteiger partial charge < -0.3 is 10.1 Å². The van der Waals surface area contributed by atoms with Gasteiger partial charge in [-0.05, 0) is 26.8 Å². The first-order valence-electron chi connectivity index (χ1n) is 6.78. The minimum atomic E-state index is -2.76. The van der Waals surface area contributed by atoms with Crippen LogP contribution in [0.15, 0.2) is 0 Å². The average Bonchev–Trinajstić information content (AvgIpc) is 2.33. The molecule has 0 saturated carbocycles. The van der Waals surface area contributed by atoms with Crippen LogP contribution < -0.4 is 5.32 Å². The maximum atomic E-state index is 11.3. The lowest BCUT2D eigenvalue weighted by Gasteiger charge is -2.32. The molecular weight excluding hydrogens is 252 g/mol. The summed E-state index contributed by atoms with van der Waals surface area (Å²) in [5, 5.41) is 3.39. The fourth-order valence-corrected chi connectivity index (χ4v) is 3.28. The summed E-state index contributed by atoms with van der Waals surface area (Å²) in [6.07, 6.45) is 1.02. The SMILES string of the molecule is CCOCCCNCC(C)N1CCS(=O)(=O)CC1. The normalized spacial score (nSPS) is 21.9. The van der Waals surface area contributed by atoms with E-state index in [2.05, 4.69) is 17.1 Å². The van der Waals surface area contributed by atoms with E-state index >= 15 is 0 Å². The Morgan fingerprint density at radius 3 is 2.61 bits per heavy atom. The van der Waals surface area contributed by atoms with Gasteiger partial charge in [0.05, 0.1) is 11.5 Å². The molecule has 0 amide bonds. The first-order chi connectivity index (χ1) is 8.55. The van der Waals surface area contributed by atoms with Gasteiger partial charge in [0.25, 0.3) is 0 Å². The van der Waals surface area contributed by atoms with Crippen molar-refractivity contribution in [1.29, 1.82) is 0 Å². The minimum absolute atomic E-state index is 0.307. The van der Waals surface area contributed by atoms with E-state index in [1.54, 1.807) is 0 Å². The number of rotatable bonds is 8. The van der Waals surface area contributed by atoms with Crippen molar-refractivity contribution in [3.05, 3.63) is 0 Å². The van der Waals surface area contributed by atoms with E-state index in [-0.39, 0.29) is 0 Å². The van der Waals surface area contributed by atoms with Crippen LogP contribution in [0, 0.1) is 0 Å². The van der Waals surface area contributed by atoms with Gasteiger partial charge in [0, 0.05) is 38.9 Å². The van der Waals surface area contributed by atoms with Crippen LogP contribution in [-0.4, -0.2) is 70.3 Å². The van der Waals surface area contributed by atoms with Crippen molar-refractivity contribution < 1.29 is 13.2 Å². The smallest absolute Gasteiger partial charge is 0.152 e. The van der Waals surface area contributed by atoms with Gasteiger partial charge in [-0.3, -0.25) is 4.90 Å². The van der Waals surface area contributed by atoms with Crippen molar-refractivity contribution in [1.82, 2.24) is 10.2 Å². The van der Waals surface area contributed by atoms with E-state index in [0.29, 0.717) is 30.6 Å². The number of sulfone groups is 1. The zero-order chi connectivity index (χ0) is 13.4. The standard InChI is InChI=1S/C12H26N2O3S/c1-3-17-8-4-5-13-11-12(2)14-6-9-18(15,16)10-7-14/h12-13H,3-11H2,1-2H3. The maximum absolute atomic E-state index is 11.3. The molecule has 0 aromatic rings. The van der Waals surface area contributed by atoms with Gasteiger partial charge in [0.2, 0.25) is 0 Å². The number of nitrogens with one attached hydrogen (secondary N) is 1. The van der Waals surface area contributed by atoms with Crippen LogP contribution in [0.25, 0.3) is 0 Å². The van der Waals surface area contributed by atoms with E-state index < -0.39 is 9.84 Å². The lowest BCUT2D eigenvalue weighted by Crippen LogP contribution is -2.48. The molecule has 108 valence electrons. The fourth-order valence-electron chi connectivity index (χ4n) is 2.05. The average molecular weight is 278 g/mol. The Hall–Kier alpha value is -0.170. The summed E-state index contributed by atoms with van der Waals surface area (Å²) in [4.78, 5) is 2.25. The molecule has 0 spiro atoms. The molecule has 6 heteroatoms. The highest BCUT2D eigenvalue weighted by atomic mass is 32.2. The van der Waals surface area contributed by atoms with Crippen molar-refractivity contribution in [2.45, 2.75) is 26.3 Å². The predicted molar refractivity (Wildman–Crippen MR) is 73.7 cm³/mol. The first-order valence-corrected chi connectivity index (χ1v) is 8.60. The van der Waals surface area contributed by atoms with E-state index in [1.807, 2.05) is 6.92 Å². The second-order valence-corrected chi connectivity index (χ2v) is 7.10. The zero-order valence-electron chi connectivity index (χ0n) is 11.5. The quantitative estimate of drug-likeness (QED) is 0.639. The molecular formula is C12H26N2O3S. The third kappa shape index (κ3) is 6.13. The summed E-state index contributed by atoms with van der Waals surface area (Å²) < 4.78 is 27.9. The van der Waals surface area contributed by atoms with Crippen LogP contribution in [-0.2, 0) is 14.6 Å². The van der Waals surface area contributed by atoms with Gasteiger partial charge in [-0.2, -0.15) is 0 Å². The Morgan fingerprint density at radius 2 is 2.00 bits per heavy atom. The fraction of sp³-hybridized carbons (Fsp3) is 1.00. The Balaban J connectivity index is 2.08. The topological polar surface area (TPSA) is 58.6 Å². The van der Waals surface area contributed by atoms with Gasteiger partial charge >= 0.3 is 0 Å². The second-order valence-electron chi connectivity index (χ2n) is 4.79. The van der Waals surface area contributed by atoms with Crippen molar-refractivity contribution in [3.8, 4) is 0 Å². The van der Waals surface area contributed by atoms with Gasteiger partial charge in [-0.1, -0.05) is 0 Å². The van der Waals surface area contributed by atoms with Gasteiger partial charge in [-0.15, -0.1) is 0 Å². The van der Waals surface area contributed by atoms with Crippen molar-refractivity contribution in [3.63, 3.8) is 0 Å². The molecule has 0 radical (unpaired) electrons. The van der Waals surface area contributed by atoms with E-state index in [9.17, 15) is 8.42 Å². The highest BCUT2D eigenvalue weighted by Gasteiger charge is 2.24. The third-order valence-corrected chi connectivity index (χ3v) is 4.90. The number of ether oxygens (including phenoxy) is 1. The highest BCUT2D eigenvalue weighted by Crippen LogP contribution is 2.07. The molecule has 18 heavy (non-hydrogen) atoms. The van der Waals surface area contributed by atoms with E-state index in [0.717, 1.165) is 32.7 Å². The molecule has 0 bridgehead atoms.